The molecule has 0 saturated heterocycles. The monoisotopic (exact) mass is 288 g/mol. The Labute approximate surface area is 106 Å². The number of pyridine rings is 1. The second-order valence-corrected chi connectivity index (χ2v) is 4.67. The van der Waals surface area contributed by atoms with E-state index in [9.17, 15) is 5.11 Å². The zero-order valence-corrected chi connectivity index (χ0v) is 10.4. The minimum atomic E-state index is 0.191. The molecule has 0 aliphatic heterocycles. The lowest BCUT2D eigenvalue weighted by molar-refractivity contribution is 0.477. The van der Waals surface area contributed by atoms with Crippen LogP contribution in [0.5, 0.6) is 5.75 Å². The second-order valence-electron chi connectivity index (χ2n) is 3.76. The quantitative estimate of drug-likeness (QED) is 0.744. The van der Waals surface area contributed by atoms with Gasteiger partial charge in [0, 0.05) is 22.4 Å². The van der Waals surface area contributed by atoms with Crippen molar-refractivity contribution in [2.45, 2.75) is 0 Å². The fraction of sp³-hybridized carbons (Fsp3) is 0. The Morgan fingerprint density at radius 1 is 1.12 bits per heavy atom. The van der Waals surface area contributed by atoms with Crippen molar-refractivity contribution >= 4 is 21.6 Å². The normalized spacial score (nSPS) is 10.9. The highest BCUT2D eigenvalue weighted by molar-refractivity contribution is 9.10. The third kappa shape index (κ3) is 1.80. The third-order valence-electron chi connectivity index (χ3n) is 2.60. The van der Waals surface area contributed by atoms with E-state index in [0.29, 0.717) is 5.65 Å². The molecular formula is C13H9BrN2O. The number of benzene rings is 1. The number of aromatic hydroxyl groups is 1. The van der Waals surface area contributed by atoms with Crippen LogP contribution in [0.3, 0.4) is 0 Å². The molecule has 3 nitrogen and oxygen atoms in total. The predicted molar refractivity (Wildman–Crippen MR) is 70.0 cm³/mol. The first-order chi connectivity index (χ1) is 8.24. The van der Waals surface area contributed by atoms with Crippen LogP contribution in [-0.2, 0) is 0 Å². The summed E-state index contributed by atoms with van der Waals surface area (Å²) in [6.45, 7) is 0. The van der Waals surface area contributed by atoms with E-state index in [4.69, 9.17) is 0 Å². The van der Waals surface area contributed by atoms with Crippen LogP contribution < -0.4 is 0 Å². The number of hydrogen-bond donors (Lipinski definition) is 1. The molecule has 4 heteroatoms. The molecule has 2 aromatic heterocycles. The molecule has 3 rings (SSSR count). The molecule has 17 heavy (non-hydrogen) atoms. The number of fused-ring (bicyclic) bond motifs is 1. The number of imidazole rings is 1. The Bertz CT molecular complexity index is 673. The van der Waals surface area contributed by atoms with Gasteiger partial charge in [0.1, 0.15) is 0 Å². The highest BCUT2D eigenvalue weighted by Gasteiger charge is 2.06. The zero-order valence-electron chi connectivity index (χ0n) is 8.84. The van der Waals surface area contributed by atoms with Gasteiger partial charge in [-0.25, -0.2) is 4.98 Å². The minimum absolute atomic E-state index is 0.191. The average molecular weight is 289 g/mol. The summed E-state index contributed by atoms with van der Waals surface area (Å²) in [5, 5.41) is 9.68. The maximum absolute atomic E-state index is 9.68. The van der Waals surface area contributed by atoms with Crippen LogP contribution in [0.25, 0.3) is 16.9 Å². The molecule has 0 atom stereocenters. The van der Waals surface area contributed by atoms with E-state index in [1.807, 2.05) is 41.1 Å². The first-order valence-corrected chi connectivity index (χ1v) is 5.96. The van der Waals surface area contributed by atoms with Crippen LogP contribution in [-0.4, -0.2) is 14.5 Å². The highest BCUT2D eigenvalue weighted by atomic mass is 79.9. The molecule has 2 heterocycles. The number of rotatable bonds is 1. The SMILES string of the molecule is Oc1cccn2cc(-c3ccc(Br)cc3)nc12. The van der Waals surface area contributed by atoms with Gasteiger partial charge < -0.3 is 9.51 Å². The lowest BCUT2D eigenvalue weighted by Gasteiger charge is -1.95. The van der Waals surface area contributed by atoms with Crippen molar-refractivity contribution in [2.75, 3.05) is 0 Å². The number of hydrogen-bond acceptors (Lipinski definition) is 2. The van der Waals surface area contributed by atoms with E-state index in [2.05, 4.69) is 20.9 Å². The van der Waals surface area contributed by atoms with Crippen molar-refractivity contribution in [3.05, 3.63) is 53.3 Å². The number of halogens is 1. The van der Waals surface area contributed by atoms with Crippen molar-refractivity contribution in [3.8, 4) is 17.0 Å². The lowest BCUT2D eigenvalue weighted by atomic mass is 10.2. The average Bonchev–Trinajstić information content (AvgIpc) is 2.75. The van der Waals surface area contributed by atoms with Crippen molar-refractivity contribution < 1.29 is 5.11 Å². The fourth-order valence-corrected chi connectivity index (χ4v) is 2.02. The van der Waals surface area contributed by atoms with Crippen molar-refractivity contribution in [2.24, 2.45) is 0 Å². The number of nitrogens with zero attached hydrogens (tertiary/aromatic N) is 2. The zero-order chi connectivity index (χ0) is 11.8. The van der Waals surface area contributed by atoms with Gasteiger partial charge in [0.2, 0.25) is 0 Å². The summed E-state index contributed by atoms with van der Waals surface area (Å²) in [5.74, 6) is 0.191. The van der Waals surface area contributed by atoms with Gasteiger partial charge in [-0.15, -0.1) is 0 Å². The van der Waals surface area contributed by atoms with Crippen LogP contribution in [0.1, 0.15) is 0 Å². The van der Waals surface area contributed by atoms with E-state index >= 15 is 0 Å². The maximum atomic E-state index is 9.68. The summed E-state index contributed by atoms with van der Waals surface area (Å²) >= 11 is 3.40. The molecule has 1 aromatic carbocycles. The molecule has 0 aliphatic carbocycles. The van der Waals surface area contributed by atoms with Crippen LogP contribution in [0.2, 0.25) is 0 Å². The molecule has 0 amide bonds. The Hall–Kier alpha value is -1.81. The molecule has 0 saturated carbocycles. The molecule has 0 radical (unpaired) electrons. The molecule has 0 spiro atoms. The van der Waals surface area contributed by atoms with E-state index in [1.165, 1.54) is 0 Å². The van der Waals surface area contributed by atoms with Gasteiger partial charge in [-0.05, 0) is 24.3 Å². The van der Waals surface area contributed by atoms with Gasteiger partial charge in [0.25, 0.3) is 0 Å². The molecule has 3 aromatic rings. The number of aromatic nitrogens is 2. The van der Waals surface area contributed by atoms with Crippen LogP contribution in [0.15, 0.2) is 53.3 Å². The van der Waals surface area contributed by atoms with Crippen LogP contribution in [0, 0.1) is 0 Å². The van der Waals surface area contributed by atoms with Crippen molar-refractivity contribution in [3.63, 3.8) is 0 Å². The fourth-order valence-electron chi connectivity index (χ4n) is 1.76. The highest BCUT2D eigenvalue weighted by Crippen LogP contribution is 2.24. The van der Waals surface area contributed by atoms with Gasteiger partial charge in [-0.3, -0.25) is 0 Å². The smallest absolute Gasteiger partial charge is 0.180 e. The summed E-state index contributed by atoms with van der Waals surface area (Å²) in [7, 11) is 0. The Morgan fingerprint density at radius 2 is 1.88 bits per heavy atom. The van der Waals surface area contributed by atoms with Crippen molar-refractivity contribution in [1.82, 2.24) is 9.38 Å². The summed E-state index contributed by atoms with van der Waals surface area (Å²) in [6.07, 6.45) is 3.77. The molecule has 0 unspecified atom stereocenters. The molecule has 1 N–H and O–H groups in total. The van der Waals surface area contributed by atoms with Gasteiger partial charge in [-0.2, -0.15) is 0 Å². The summed E-state index contributed by atoms with van der Waals surface area (Å²) in [6, 6.07) is 11.3. The molecule has 84 valence electrons. The predicted octanol–water partition coefficient (Wildman–Crippen LogP) is 3.47. The Kier molecular flexibility index (Phi) is 2.37. The van der Waals surface area contributed by atoms with E-state index < -0.39 is 0 Å². The molecule has 0 aliphatic rings. The molecular weight excluding hydrogens is 280 g/mol. The van der Waals surface area contributed by atoms with Crippen molar-refractivity contribution in [1.29, 1.82) is 0 Å². The van der Waals surface area contributed by atoms with E-state index in [1.54, 1.807) is 12.1 Å². The maximum Gasteiger partial charge on any atom is 0.180 e. The molecule has 0 fully saturated rings. The minimum Gasteiger partial charge on any atom is -0.504 e. The first-order valence-electron chi connectivity index (χ1n) is 5.17. The second kappa shape index (κ2) is 3.89. The summed E-state index contributed by atoms with van der Waals surface area (Å²) < 4.78 is 2.85. The van der Waals surface area contributed by atoms with Gasteiger partial charge in [0.05, 0.1) is 5.69 Å². The topological polar surface area (TPSA) is 37.5 Å². The Balaban J connectivity index is 2.18. The Morgan fingerprint density at radius 3 is 2.59 bits per heavy atom. The third-order valence-corrected chi connectivity index (χ3v) is 3.13. The van der Waals surface area contributed by atoms with E-state index in [-0.39, 0.29) is 5.75 Å². The molecule has 0 bridgehead atoms. The van der Waals surface area contributed by atoms with Gasteiger partial charge in [-0.1, -0.05) is 28.1 Å². The standard InChI is InChI=1S/C13H9BrN2O/c14-10-5-3-9(4-6-10)11-8-16-7-1-2-12(17)13(16)15-11/h1-8,17H. The van der Waals surface area contributed by atoms with Gasteiger partial charge >= 0.3 is 0 Å². The van der Waals surface area contributed by atoms with Crippen LogP contribution >= 0.6 is 15.9 Å². The van der Waals surface area contributed by atoms with Crippen LogP contribution in [0.4, 0.5) is 0 Å². The lowest BCUT2D eigenvalue weighted by Crippen LogP contribution is -1.80. The largest absolute Gasteiger partial charge is 0.504 e. The first kappa shape index (κ1) is 10.4. The van der Waals surface area contributed by atoms with Gasteiger partial charge in [0.15, 0.2) is 11.4 Å². The summed E-state index contributed by atoms with van der Waals surface area (Å²) in [5.41, 5.74) is 2.45. The summed E-state index contributed by atoms with van der Waals surface area (Å²) in [4.78, 5) is 4.41. The van der Waals surface area contributed by atoms with E-state index in [0.717, 1.165) is 15.7 Å².